The highest BCUT2D eigenvalue weighted by Gasteiger charge is 2.32. The van der Waals surface area contributed by atoms with Crippen molar-refractivity contribution in [2.45, 2.75) is 81.5 Å². The number of aliphatic hydroxyl groups excluding tert-OH is 1. The highest BCUT2D eigenvalue weighted by atomic mass is 32.2. The number of unbranched alkanes of at least 4 members (excludes halogenated alkanes) is 3. The van der Waals surface area contributed by atoms with Crippen LogP contribution in [0.5, 0.6) is 0 Å². The molecule has 1 saturated heterocycles. The molecule has 0 aromatic heterocycles. The molecule has 0 radical (unpaired) electrons. The van der Waals surface area contributed by atoms with Gasteiger partial charge in [0.1, 0.15) is 0 Å². The maximum absolute atomic E-state index is 12.5. The molecule has 5 N–H and O–H groups in total. The van der Waals surface area contributed by atoms with E-state index in [9.17, 15) is 24.6 Å². The normalized spacial score (nSPS) is 17.1. The van der Waals surface area contributed by atoms with Crippen LogP contribution in [0.3, 0.4) is 0 Å². The van der Waals surface area contributed by atoms with Crippen molar-refractivity contribution < 1.29 is 39.3 Å². The van der Waals surface area contributed by atoms with Gasteiger partial charge in [-0.2, -0.15) is 0 Å². The van der Waals surface area contributed by atoms with Gasteiger partial charge in [-0.15, -0.1) is 11.8 Å². The third kappa shape index (κ3) is 11.5. The summed E-state index contributed by atoms with van der Waals surface area (Å²) >= 11 is 1.61. The fourth-order valence-electron chi connectivity index (χ4n) is 5.90. The van der Waals surface area contributed by atoms with Crippen LogP contribution in [-0.2, 0) is 32.2 Å². The number of hydrogen-bond acceptors (Lipinski definition) is 8. The van der Waals surface area contributed by atoms with Gasteiger partial charge in [-0.25, -0.2) is 10.3 Å². The zero-order valence-electron chi connectivity index (χ0n) is 28.3. The zero-order chi connectivity index (χ0) is 36.0. The van der Waals surface area contributed by atoms with Crippen molar-refractivity contribution in [3.05, 3.63) is 125 Å². The Morgan fingerprint density at radius 2 is 1.43 bits per heavy atom. The Kier molecular flexibility index (Phi) is 14.2. The molecule has 4 aromatic carbocycles. The molecule has 1 aliphatic rings. The van der Waals surface area contributed by atoms with Crippen LogP contribution in [0, 0.1) is 0 Å². The molecule has 1 fully saturated rings. The second-order valence-electron chi connectivity index (χ2n) is 12.5. The van der Waals surface area contributed by atoms with E-state index < -0.39 is 18.2 Å². The number of hydroxylamine groups is 1. The molecule has 0 bridgehead atoms. The van der Waals surface area contributed by atoms with Gasteiger partial charge in [0.25, 0.3) is 0 Å². The number of carbonyl (C=O) groups excluding carboxylic acids is 2. The first-order valence-corrected chi connectivity index (χ1v) is 18.2. The lowest BCUT2D eigenvalue weighted by atomic mass is 9.99. The van der Waals surface area contributed by atoms with Crippen LogP contribution < -0.4 is 10.8 Å². The average Bonchev–Trinajstić information content (AvgIpc) is 3.17. The van der Waals surface area contributed by atoms with Gasteiger partial charge in [-0.05, 0) is 77.1 Å². The summed E-state index contributed by atoms with van der Waals surface area (Å²) in [6, 6.07) is 30.7. The maximum Gasteiger partial charge on any atom is 0.335 e. The van der Waals surface area contributed by atoms with E-state index in [1.165, 1.54) is 0 Å². The van der Waals surface area contributed by atoms with Gasteiger partial charge in [0, 0.05) is 42.0 Å². The van der Waals surface area contributed by atoms with E-state index in [0.29, 0.717) is 31.6 Å². The van der Waals surface area contributed by atoms with Crippen LogP contribution in [0.1, 0.15) is 90.0 Å². The molecule has 10 nitrogen and oxygen atoms in total. The number of carboxylic acid groups (broad SMARTS) is 1. The number of hydrogen-bond donors (Lipinski definition) is 5. The smallest absolute Gasteiger partial charge is 0.335 e. The molecule has 5 rings (SSSR count). The summed E-state index contributed by atoms with van der Waals surface area (Å²) in [5.41, 5.74) is 7.54. The Balaban J connectivity index is 1.23. The monoisotopic (exact) mass is 712 g/mol. The quantitative estimate of drug-likeness (QED) is 0.0327. The molecule has 1 heterocycles. The minimum Gasteiger partial charge on any atom is -0.478 e. The number of rotatable bonds is 17. The Morgan fingerprint density at radius 1 is 0.745 bits per heavy atom. The van der Waals surface area contributed by atoms with E-state index in [4.69, 9.17) is 14.7 Å². The molecule has 268 valence electrons. The first-order chi connectivity index (χ1) is 24.8. The lowest BCUT2D eigenvalue weighted by Crippen LogP contribution is -2.31. The van der Waals surface area contributed by atoms with E-state index in [1.807, 2.05) is 72.8 Å². The molecular formula is C40H44N2O8S. The SMILES string of the molecule is O=C(CCCCCCC(=O)NCc1cccc(-c2cccc([C@@H]3O[C@H](CSc4ccc(C(=O)O)cc4)C[C@H](c4ccc(CO)cc4)O3)c2)c1)NO. The second-order valence-corrected chi connectivity index (χ2v) is 13.6. The second kappa shape index (κ2) is 19.2. The molecule has 4 aromatic rings. The third-order valence-electron chi connectivity index (χ3n) is 8.74. The minimum atomic E-state index is -0.957. The highest BCUT2D eigenvalue weighted by Crippen LogP contribution is 2.40. The summed E-state index contributed by atoms with van der Waals surface area (Å²) in [4.78, 5) is 35.8. The van der Waals surface area contributed by atoms with Crippen molar-refractivity contribution in [2.75, 3.05) is 5.75 Å². The predicted octanol–water partition coefficient (Wildman–Crippen LogP) is 7.34. The van der Waals surface area contributed by atoms with Crippen molar-refractivity contribution in [1.29, 1.82) is 0 Å². The van der Waals surface area contributed by atoms with Crippen LogP contribution >= 0.6 is 11.8 Å². The number of ether oxygens (including phenoxy) is 2. The van der Waals surface area contributed by atoms with E-state index in [2.05, 4.69) is 17.4 Å². The van der Waals surface area contributed by atoms with Crippen LogP contribution in [0.2, 0.25) is 0 Å². The fraction of sp³-hybridized carbons (Fsp3) is 0.325. The molecule has 3 atom stereocenters. The first kappa shape index (κ1) is 37.7. The number of aliphatic hydroxyl groups is 1. The average molecular weight is 713 g/mol. The van der Waals surface area contributed by atoms with Crippen molar-refractivity contribution in [3.63, 3.8) is 0 Å². The largest absolute Gasteiger partial charge is 0.478 e. The summed E-state index contributed by atoms with van der Waals surface area (Å²) in [6.45, 7) is 0.376. The first-order valence-electron chi connectivity index (χ1n) is 17.2. The maximum atomic E-state index is 12.5. The van der Waals surface area contributed by atoms with Gasteiger partial charge in [0.05, 0.1) is 24.4 Å². The van der Waals surface area contributed by atoms with E-state index >= 15 is 0 Å². The molecule has 51 heavy (non-hydrogen) atoms. The Bertz CT molecular complexity index is 1750. The summed E-state index contributed by atoms with van der Waals surface area (Å²) in [5, 5.41) is 30.4. The molecule has 0 unspecified atom stereocenters. The number of amides is 2. The Labute approximate surface area is 302 Å². The Hall–Kier alpha value is -4.52. The van der Waals surface area contributed by atoms with Gasteiger partial charge in [-0.1, -0.05) is 73.5 Å². The number of carboxylic acids is 1. The standard InChI is InChI=1S/C40H44N2O8S/c43-25-27-13-15-29(16-14-27)36-23-34(26-51-35-19-17-30(18-20-35)39(46)47)49-40(50-36)33-10-6-9-32(22-33)31-8-5-7-28(21-31)24-41-37(44)11-3-1-2-4-12-38(45)42-48/h5-10,13-22,34,36,40,43,48H,1-4,11-12,23-26H2,(H,41,44)(H,42,45)(H,46,47)/t34-,36+,40+/m0/s1. The summed E-state index contributed by atoms with van der Waals surface area (Å²) in [5.74, 6) is -0.723. The van der Waals surface area contributed by atoms with Crippen LogP contribution in [0.25, 0.3) is 11.1 Å². The van der Waals surface area contributed by atoms with Crippen molar-refractivity contribution >= 4 is 29.5 Å². The lowest BCUT2D eigenvalue weighted by molar-refractivity contribution is -0.245. The van der Waals surface area contributed by atoms with Crippen molar-refractivity contribution in [1.82, 2.24) is 10.8 Å². The molecule has 2 amide bonds. The van der Waals surface area contributed by atoms with Gasteiger partial charge < -0.3 is 25.0 Å². The summed E-state index contributed by atoms with van der Waals surface area (Å²) in [6.07, 6.45) is 3.37. The van der Waals surface area contributed by atoms with Crippen LogP contribution in [0.4, 0.5) is 0 Å². The molecule has 11 heteroatoms. The summed E-state index contributed by atoms with van der Waals surface area (Å²) in [7, 11) is 0. The molecule has 0 saturated carbocycles. The fourth-order valence-corrected chi connectivity index (χ4v) is 6.82. The van der Waals surface area contributed by atoms with E-state index in [0.717, 1.165) is 57.5 Å². The van der Waals surface area contributed by atoms with Crippen LogP contribution in [-0.4, -0.2) is 45.1 Å². The molecule has 1 aliphatic heterocycles. The topological polar surface area (TPSA) is 154 Å². The number of thioether (sulfide) groups is 1. The Morgan fingerprint density at radius 3 is 2.12 bits per heavy atom. The number of carbonyl (C=O) groups is 3. The third-order valence-corrected chi connectivity index (χ3v) is 9.89. The lowest BCUT2D eigenvalue weighted by Gasteiger charge is -2.36. The number of aromatic carboxylic acids is 1. The van der Waals surface area contributed by atoms with E-state index in [-0.39, 0.29) is 36.7 Å². The summed E-state index contributed by atoms with van der Waals surface area (Å²) < 4.78 is 13.1. The van der Waals surface area contributed by atoms with Gasteiger partial charge >= 0.3 is 5.97 Å². The molecular weight excluding hydrogens is 669 g/mol. The van der Waals surface area contributed by atoms with Gasteiger partial charge in [0.2, 0.25) is 11.8 Å². The number of benzene rings is 4. The van der Waals surface area contributed by atoms with Gasteiger partial charge in [-0.3, -0.25) is 14.8 Å². The molecule has 0 aliphatic carbocycles. The minimum absolute atomic E-state index is 0.0207. The van der Waals surface area contributed by atoms with Crippen molar-refractivity contribution in [3.8, 4) is 11.1 Å². The highest BCUT2D eigenvalue weighted by molar-refractivity contribution is 7.99. The van der Waals surface area contributed by atoms with E-state index in [1.54, 1.807) is 29.4 Å². The molecule has 0 spiro atoms. The van der Waals surface area contributed by atoms with Crippen LogP contribution in [0.15, 0.2) is 102 Å². The van der Waals surface area contributed by atoms with Crippen molar-refractivity contribution in [2.24, 2.45) is 0 Å². The number of nitrogens with one attached hydrogen (secondary N) is 2. The van der Waals surface area contributed by atoms with Gasteiger partial charge in [0.15, 0.2) is 6.29 Å². The zero-order valence-corrected chi connectivity index (χ0v) is 29.1. The predicted molar refractivity (Wildman–Crippen MR) is 194 cm³/mol.